The number of nitriles is 1. The first-order chi connectivity index (χ1) is 13.5. The average Bonchev–Trinajstić information content (AvgIpc) is 2.97. The monoisotopic (exact) mass is 396 g/mol. The molecule has 0 aliphatic rings. The second-order valence-corrected chi connectivity index (χ2v) is 6.53. The Balaban J connectivity index is 2.13. The number of ether oxygens (including phenoxy) is 2. The topological polar surface area (TPSA) is 81.3 Å². The standard InChI is InChI=1S/C21H17ClN2O4/c1-13-17(12-20(25)28-10-9-23)18-11-16(27-2)7-8-19(18)24(13)21(26)14-3-5-15(22)6-4-14/h3-8,11H,10,12H2,1-2H3. The highest BCUT2D eigenvalue weighted by Crippen LogP contribution is 2.31. The van der Waals surface area contributed by atoms with Gasteiger partial charge in [0.05, 0.1) is 19.0 Å². The van der Waals surface area contributed by atoms with E-state index in [0.29, 0.717) is 38.5 Å². The van der Waals surface area contributed by atoms with Gasteiger partial charge in [-0.2, -0.15) is 5.26 Å². The molecule has 142 valence electrons. The van der Waals surface area contributed by atoms with Crippen molar-refractivity contribution in [1.29, 1.82) is 5.26 Å². The second-order valence-electron chi connectivity index (χ2n) is 6.09. The molecular formula is C21H17ClN2O4. The van der Waals surface area contributed by atoms with Crippen LogP contribution in [0.3, 0.4) is 0 Å². The summed E-state index contributed by atoms with van der Waals surface area (Å²) in [4.78, 5) is 25.2. The second kappa shape index (κ2) is 8.15. The minimum absolute atomic E-state index is 0.0575. The van der Waals surface area contributed by atoms with Crippen molar-refractivity contribution in [3.8, 4) is 11.8 Å². The Morgan fingerprint density at radius 2 is 1.89 bits per heavy atom. The molecule has 0 unspecified atom stereocenters. The summed E-state index contributed by atoms with van der Waals surface area (Å²) in [5.41, 5.74) is 2.40. The van der Waals surface area contributed by atoms with Crippen LogP contribution in [-0.4, -0.2) is 30.2 Å². The van der Waals surface area contributed by atoms with Crippen molar-refractivity contribution in [2.24, 2.45) is 0 Å². The molecule has 0 aliphatic heterocycles. The fourth-order valence-corrected chi connectivity index (χ4v) is 3.23. The molecule has 3 aromatic rings. The highest BCUT2D eigenvalue weighted by molar-refractivity contribution is 6.30. The van der Waals surface area contributed by atoms with Gasteiger partial charge in [-0.25, -0.2) is 0 Å². The molecule has 0 spiro atoms. The van der Waals surface area contributed by atoms with E-state index >= 15 is 0 Å². The van der Waals surface area contributed by atoms with E-state index in [1.54, 1.807) is 67.1 Å². The molecular weight excluding hydrogens is 380 g/mol. The predicted octanol–water partition coefficient (Wildman–Crippen LogP) is 3.91. The summed E-state index contributed by atoms with van der Waals surface area (Å²) < 4.78 is 11.7. The Hall–Kier alpha value is -3.30. The molecule has 7 heteroatoms. The molecule has 0 saturated carbocycles. The molecule has 0 fully saturated rings. The van der Waals surface area contributed by atoms with Crippen molar-refractivity contribution in [1.82, 2.24) is 4.57 Å². The SMILES string of the molecule is COc1ccc2c(c1)c(CC(=O)OCC#N)c(C)n2C(=O)c1ccc(Cl)cc1. The zero-order valence-electron chi connectivity index (χ0n) is 15.4. The Labute approximate surface area is 166 Å². The number of hydrogen-bond donors (Lipinski definition) is 0. The van der Waals surface area contributed by atoms with Gasteiger partial charge < -0.3 is 9.47 Å². The van der Waals surface area contributed by atoms with E-state index in [4.69, 9.17) is 26.3 Å². The summed E-state index contributed by atoms with van der Waals surface area (Å²) in [6.45, 7) is 1.46. The number of aromatic nitrogens is 1. The maximum absolute atomic E-state index is 13.1. The van der Waals surface area contributed by atoms with E-state index in [0.717, 1.165) is 0 Å². The lowest BCUT2D eigenvalue weighted by Crippen LogP contribution is -2.14. The molecule has 0 aliphatic carbocycles. The van der Waals surface area contributed by atoms with Crippen molar-refractivity contribution >= 4 is 34.4 Å². The van der Waals surface area contributed by atoms with Crippen molar-refractivity contribution in [2.45, 2.75) is 13.3 Å². The molecule has 2 aromatic carbocycles. The van der Waals surface area contributed by atoms with E-state index in [1.807, 2.05) is 0 Å². The third-order valence-electron chi connectivity index (χ3n) is 4.45. The summed E-state index contributed by atoms with van der Waals surface area (Å²) in [5.74, 6) is -0.165. The number of nitrogens with zero attached hydrogens (tertiary/aromatic N) is 2. The summed E-state index contributed by atoms with van der Waals surface area (Å²) in [6, 6.07) is 13.7. The van der Waals surface area contributed by atoms with Crippen LogP contribution in [0.1, 0.15) is 21.6 Å². The number of fused-ring (bicyclic) bond motifs is 1. The average molecular weight is 397 g/mol. The van der Waals surface area contributed by atoms with Crippen LogP contribution < -0.4 is 4.74 Å². The number of rotatable bonds is 5. The minimum Gasteiger partial charge on any atom is -0.497 e. The molecule has 6 nitrogen and oxygen atoms in total. The molecule has 0 radical (unpaired) electrons. The van der Waals surface area contributed by atoms with Crippen LogP contribution >= 0.6 is 11.6 Å². The van der Waals surface area contributed by atoms with Crippen molar-refractivity contribution < 1.29 is 19.1 Å². The first kappa shape index (κ1) is 19.5. The molecule has 1 aromatic heterocycles. The highest BCUT2D eigenvalue weighted by atomic mass is 35.5. The van der Waals surface area contributed by atoms with Crippen LogP contribution in [0.25, 0.3) is 10.9 Å². The van der Waals surface area contributed by atoms with Crippen molar-refractivity contribution in [2.75, 3.05) is 13.7 Å². The van der Waals surface area contributed by atoms with Gasteiger partial charge >= 0.3 is 5.97 Å². The smallest absolute Gasteiger partial charge is 0.311 e. The number of halogens is 1. The lowest BCUT2D eigenvalue weighted by atomic mass is 10.1. The third-order valence-corrected chi connectivity index (χ3v) is 4.71. The first-order valence-corrected chi connectivity index (χ1v) is 8.84. The Kier molecular flexibility index (Phi) is 5.67. The molecule has 3 rings (SSSR count). The predicted molar refractivity (Wildman–Crippen MR) is 105 cm³/mol. The number of carbonyl (C=O) groups excluding carboxylic acids is 2. The van der Waals surface area contributed by atoms with Gasteiger partial charge in [0, 0.05) is 21.7 Å². The summed E-state index contributed by atoms with van der Waals surface area (Å²) in [6.07, 6.45) is -0.0575. The van der Waals surface area contributed by atoms with Crippen molar-refractivity contribution in [3.63, 3.8) is 0 Å². The first-order valence-electron chi connectivity index (χ1n) is 8.47. The Bertz CT molecular complexity index is 1090. The molecule has 0 bridgehead atoms. The van der Waals surface area contributed by atoms with Crippen LogP contribution in [0.2, 0.25) is 5.02 Å². The van der Waals surface area contributed by atoms with Gasteiger partial charge in [-0.1, -0.05) is 11.6 Å². The van der Waals surface area contributed by atoms with Crippen LogP contribution in [-0.2, 0) is 16.0 Å². The largest absolute Gasteiger partial charge is 0.497 e. The lowest BCUT2D eigenvalue weighted by molar-refractivity contribution is -0.141. The molecule has 0 saturated heterocycles. The van der Waals surface area contributed by atoms with E-state index in [9.17, 15) is 9.59 Å². The van der Waals surface area contributed by atoms with Crippen LogP contribution in [0.4, 0.5) is 0 Å². The molecule has 28 heavy (non-hydrogen) atoms. The van der Waals surface area contributed by atoms with Crippen LogP contribution in [0, 0.1) is 18.3 Å². The van der Waals surface area contributed by atoms with Gasteiger partial charge in [0.25, 0.3) is 5.91 Å². The molecule has 0 N–H and O–H groups in total. The van der Waals surface area contributed by atoms with E-state index < -0.39 is 5.97 Å². The number of hydrogen-bond acceptors (Lipinski definition) is 5. The van der Waals surface area contributed by atoms with Gasteiger partial charge in [-0.15, -0.1) is 0 Å². The third kappa shape index (κ3) is 3.71. The van der Waals surface area contributed by atoms with Crippen molar-refractivity contribution in [3.05, 3.63) is 64.3 Å². The van der Waals surface area contributed by atoms with Gasteiger partial charge in [0.1, 0.15) is 11.8 Å². The minimum atomic E-state index is -0.537. The zero-order valence-corrected chi connectivity index (χ0v) is 16.1. The van der Waals surface area contributed by atoms with Crippen LogP contribution in [0.15, 0.2) is 42.5 Å². The summed E-state index contributed by atoms with van der Waals surface area (Å²) >= 11 is 5.92. The fourth-order valence-electron chi connectivity index (χ4n) is 3.10. The van der Waals surface area contributed by atoms with E-state index in [2.05, 4.69) is 0 Å². The number of benzene rings is 2. The van der Waals surface area contributed by atoms with Crippen LogP contribution in [0.5, 0.6) is 5.75 Å². The van der Waals surface area contributed by atoms with Gasteiger partial charge in [0.2, 0.25) is 0 Å². The Morgan fingerprint density at radius 1 is 1.18 bits per heavy atom. The summed E-state index contributed by atoms with van der Waals surface area (Å²) in [5, 5.41) is 9.85. The lowest BCUT2D eigenvalue weighted by Gasteiger charge is -2.08. The maximum Gasteiger partial charge on any atom is 0.311 e. The fraction of sp³-hybridized carbons (Fsp3) is 0.190. The molecule has 0 amide bonds. The maximum atomic E-state index is 13.1. The van der Waals surface area contributed by atoms with Gasteiger partial charge in [-0.3, -0.25) is 14.2 Å². The van der Waals surface area contributed by atoms with Gasteiger partial charge in [0.15, 0.2) is 6.61 Å². The normalized spacial score (nSPS) is 10.5. The summed E-state index contributed by atoms with van der Waals surface area (Å²) in [7, 11) is 1.55. The van der Waals surface area contributed by atoms with E-state index in [-0.39, 0.29) is 18.9 Å². The zero-order chi connectivity index (χ0) is 20.3. The number of methoxy groups -OCH3 is 1. The quantitative estimate of drug-likeness (QED) is 0.611. The molecule has 1 heterocycles. The highest BCUT2D eigenvalue weighted by Gasteiger charge is 2.22. The number of esters is 1. The number of carbonyl (C=O) groups is 2. The Morgan fingerprint density at radius 3 is 2.54 bits per heavy atom. The van der Waals surface area contributed by atoms with Gasteiger partial charge in [-0.05, 0) is 55.0 Å². The van der Waals surface area contributed by atoms with E-state index in [1.165, 1.54) is 0 Å². The molecule has 0 atom stereocenters.